The topological polar surface area (TPSA) is 38.7 Å². The van der Waals surface area contributed by atoms with Crippen molar-refractivity contribution >= 4 is 0 Å². The summed E-state index contributed by atoms with van der Waals surface area (Å²) in [7, 11) is 1.70. The van der Waals surface area contributed by atoms with Crippen LogP contribution >= 0.6 is 0 Å². The molecule has 0 spiro atoms. The van der Waals surface area contributed by atoms with Crippen LogP contribution in [0.3, 0.4) is 0 Å². The van der Waals surface area contributed by atoms with Gasteiger partial charge in [-0.3, -0.25) is 0 Å². The molecule has 1 aromatic rings. The van der Waals surface area contributed by atoms with E-state index in [-0.39, 0.29) is 17.5 Å². The number of hydrogen-bond acceptors (Lipinski definition) is 3. The lowest BCUT2D eigenvalue weighted by molar-refractivity contribution is -0.0110. The molecular weight excluding hydrogens is 192 g/mol. The lowest BCUT2D eigenvalue weighted by Crippen LogP contribution is -2.35. The van der Waals surface area contributed by atoms with Gasteiger partial charge in [0, 0.05) is 25.2 Å². The van der Waals surface area contributed by atoms with E-state index in [0.717, 1.165) is 17.7 Å². The van der Waals surface area contributed by atoms with Crippen molar-refractivity contribution in [3.05, 3.63) is 23.8 Å². The minimum absolute atomic E-state index is 0.0457. The predicted octanol–water partition coefficient (Wildman–Crippen LogP) is 2.64. The molecule has 1 unspecified atom stereocenters. The van der Waals surface area contributed by atoms with Crippen LogP contribution in [0.1, 0.15) is 31.9 Å². The lowest BCUT2D eigenvalue weighted by atomic mass is 9.91. The molecule has 82 valence electrons. The molecular formula is C12H16O3. The van der Waals surface area contributed by atoms with E-state index in [2.05, 4.69) is 0 Å². The van der Waals surface area contributed by atoms with Gasteiger partial charge in [-0.15, -0.1) is 0 Å². The van der Waals surface area contributed by atoms with Gasteiger partial charge in [0.15, 0.2) is 0 Å². The van der Waals surface area contributed by atoms with Crippen molar-refractivity contribution in [1.82, 2.24) is 0 Å². The van der Waals surface area contributed by atoms with Gasteiger partial charge >= 0.3 is 0 Å². The Morgan fingerprint density at radius 3 is 2.87 bits per heavy atom. The molecule has 3 nitrogen and oxygen atoms in total. The molecule has 0 aliphatic carbocycles. The van der Waals surface area contributed by atoms with Crippen molar-refractivity contribution in [2.45, 2.75) is 32.0 Å². The first-order chi connectivity index (χ1) is 7.02. The maximum absolute atomic E-state index is 9.40. The highest BCUT2D eigenvalue weighted by molar-refractivity contribution is 5.43. The summed E-state index contributed by atoms with van der Waals surface area (Å²) in [6.45, 7) is 4.04. The first-order valence-corrected chi connectivity index (χ1v) is 5.06. The largest absolute Gasteiger partial charge is 0.508 e. The van der Waals surface area contributed by atoms with Gasteiger partial charge in [0.05, 0.1) is 6.10 Å². The summed E-state index contributed by atoms with van der Waals surface area (Å²) < 4.78 is 11.2. The maximum atomic E-state index is 9.40. The first-order valence-electron chi connectivity index (χ1n) is 5.06. The number of fused-ring (bicyclic) bond motifs is 1. The molecule has 3 heteroatoms. The van der Waals surface area contributed by atoms with Crippen LogP contribution in [-0.2, 0) is 4.74 Å². The summed E-state index contributed by atoms with van der Waals surface area (Å²) in [4.78, 5) is 0. The fourth-order valence-corrected chi connectivity index (χ4v) is 1.98. The van der Waals surface area contributed by atoms with E-state index >= 15 is 0 Å². The first kappa shape index (κ1) is 10.3. The zero-order chi connectivity index (χ0) is 11.1. The van der Waals surface area contributed by atoms with Gasteiger partial charge < -0.3 is 14.6 Å². The zero-order valence-corrected chi connectivity index (χ0v) is 9.28. The number of hydrogen-bond donors (Lipinski definition) is 1. The molecule has 1 aliphatic heterocycles. The molecule has 0 aromatic heterocycles. The van der Waals surface area contributed by atoms with Crippen LogP contribution in [0.25, 0.3) is 0 Å². The highest BCUT2D eigenvalue weighted by Gasteiger charge is 2.33. The molecule has 0 saturated heterocycles. The van der Waals surface area contributed by atoms with Crippen molar-refractivity contribution in [2.24, 2.45) is 0 Å². The van der Waals surface area contributed by atoms with Gasteiger partial charge in [-0.2, -0.15) is 0 Å². The molecule has 1 N–H and O–H groups in total. The number of methoxy groups -OCH3 is 1. The summed E-state index contributed by atoms with van der Waals surface area (Å²) >= 11 is 0. The van der Waals surface area contributed by atoms with E-state index in [1.807, 2.05) is 19.9 Å². The van der Waals surface area contributed by atoms with Crippen molar-refractivity contribution in [3.63, 3.8) is 0 Å². The highest BCUT2D eigenvalue weighted by Crippen LogP contribution is 2.42. The second kappa shape index (κ2) is 3.42. The number of phenolic OH excluding ortho intramolecular Hbond substituents is 1. The minimum Gasteiger partial charge on any atom is -0.508 e. The minimum atomic E-state index is -0.249. The quantitative estimate of drug-likeness (QED) is 0.771. The third-order valence-corrected chi connectivity index (χ3v) is 2.69. The third kappa shape index (κ3) is 1.92. The Hall–Kier alpha value is -1.22. The fourth-order valence-electron chi connectivity index (χ4n) is 1.98. The average molecular weight is 208 g/mol. The molecule has 0 radical (unpaired) electrons. The Bertz CT molecular complexity index is 371. The van der Waals surface area contributed by atoms with Crippen LogP contribution in [-0.4, -0.2) is 17.8 Å². The molecule has 1 aromatic carbocycles. The van der Waals surface area contributed by atoms with Gasteiger partial charge in [0.1, 0.15) is 17.1 Å². The summed E-state index contributed by atoms with van der Waals surface area (Å²) in [5.41, 5.74) is 0.760. The summed E-state index contributed by atoms with van der Waals surface area (Å²) in [5.74, 6) is 0.944. The van der Waals surface area contributed by atoms with E-state index in [4.69, 9.17) is 9.47 Å². The van der Waals surface area contributed by atoms with Crippen LogP contribution < -0.4 is 4.74 Å². The van der Waals surface area contributed by atoms with E-state index in [1.54, 1.807) is 19.2 Å². The van der Waals surface area contributed by atoms with Crippen molar-refractivity contribution < 1.29 is 14.6 Å². The molecule has 2 rings (SSSR count). The SMILES string of the molecule is COC1CC(C)(C)Oc2cc(O)ccc21. The van der Waals surface area contributed by atoms with E-state index < -0.39 is 0 Å². The van der Waals surface area contributed by atoms with Crippen molar-refractivity contribution in [2.75, 3.05) is 7.11 Å². The third-order valence-electron chi connectivity index (χ3n) is 2.69. The number of rotatable bonds is 1. The predicted molar refractivity (Wildman–Crippen MR) is 57.2 cm³/mol. The molecule has 0 saturated carbocycles. The maximum Gasteiger partial charge on any atom is 0.129 e. The van der Waals surface area contributed by atoms with Gasteiger partial charge in [0.25, 0.3) is 0 Å². The smallest absolute Gasteiger partial charge is 0.129 e. The number of aromatic hydroxyl groups is 1. The molecule has 1 atom stereocenters. The average Bonchev–Trinajstić information content (AvgIpc) is 2.14. The van der Waals surface area contributed by atoms with Crippen LogP contribution in [0.15, 0.2) is 18.2 Å². The molecule has 15 heavy (non-hydrogen) atoms. The molecule has 0 amide bonds. The van der Waals surface area contributed by atoms with Crippen LogP contribution in [0.4, 0.5) is 0 Å². The lowest BCUT2D eigenvalue weighted by Gasteiger charge is -2.36. The Morgan fingerprint density at radius 2 is 2.20 bits per heavy atom. The number of phenols is 1. The van der Waals surface area contributed by atoms with Crippen LogP contribution in [0.2, 0.25) is 0 Å². The standard InChI is InChI=1S/C12H16O3/c1-12(2)7-11(14-3)9-5-4-8(13)6-10(9)15-12/h4-6,11,13H,7H2,1-3H3. The van der Waals surface area contributed by atoms with Gasteiger partial charge in [-0.1, -0.05) is 0 Å². The Morgan fingerprint density at radius 1 is 1.47 bits per heavy atom. The monoisotopic (exact) mass is 208 g/mol. The van der Waals surface area contributed by atoms with Gasteiger partial charge in [-0.25, -0.2) is 0 Å². The summed E-state index contributed by atoms with van der Waals surface area (Å²) in [5, 5.41) is 9.40. The van der Waals surface area contributed by atoms with E-state index in [9.17, 15) is 5.11 Å². The Kier molecular flexibility index (Phi) is 2.35. The summed E-state index contributed by atoms with van der Waals surface area (Å²) in [6.07, 6.45) is 0.866. The van der Waals surface area contributed by atoms with Crippen LogP contribution in [0, 0.1) is 0 Å². The molecule has 1 heterocycles. The second-order valence-electron chi connectivity index (χ2n) is 4.51. The molecule has 0 fully saturated rings. The normalized spacial score (nSPS) is 23.0. The number of ether oxygens (including phenoxy) is 2. The van der Waals surface area contributed by atoms with Gasteiger partial charge in [-0.05, 0) is 26.0 Å². The Balaban J connectivity index is 2.44. The number of benzene rings is 1. The summed E-state index contributed by atoms with van der Waals surface area (Å²) in [6, 6.07) is 5.16. The fraction of sp³-hybridized carbons (Fsp3) is 0.500. The van der Waals surface area contributed by atoms with Crippen LogP contribution in [0.5, 0.6) is 11.5 Å². The Labute approximate surface area is 89.6 Å². The highest BCUT2D eigenvalue weighted by atomic mass is 16.5. The van der Waals surface area contributed by atoms with E-state index in [0.29, 0.717) is 0 Å². The second-order valence-corrected chi connectivity index (χ2v) is 4.51. The van der Waals surface area contributed by atoms with Gasteiger partial charge in [0.2, 0.25) is 0 Å². The molecule has 0 bridgehead atoms. The van der Waals surface area contributed by atoms with E-state index in [1.165, 1.54) is 0 Å². The van der Waals surface area contributed by atoms with Crippen molar-refractivity contribution in [1.29, 1.82) is 0 Å². The zero-order valence-electron chi connectivity index (χ0n) is 9.28. The van der Waals surface area contributed by atoms with Crippen molar-refractivity contribution in [3.8, 4) is 11.5 Å². The molecule has 1 aliphatic rings.